The van der Waals surface area contributed by atoms with E-state index in [1.807, 2.05) is 30.1 Å². The van der Waals surface area contributed by atoms with Crippen LogP contribution in [0.1, 0.15) is 49.9 Å². The Labute approximate surface area is 160 Å². The van der Waals surface area contributed by atoms with Crippen molar-refractivity contribution < 1.29 is 9.90 Å². The van der Waals surface area contributed by atoms with E-state index in [0.717, 1.165) is 67.9 Å². The first-order valence-electron chi connectivity index (χ1n) is 10.1. The maximum absolute atomic E-state index is 13.0. The molecule has 0 saturated carbocycles. The lowest BCUT2D eigenvalue weighted by Gasteiger charge is -2.26. The molecule has 0 unspecified atom stereocenters. The Bertz CT molecular complexity index is 855. The fraction of sp³-hybridized carbons (Fsp3) is 0.619. The van der Waals surface area contributed by atoms with E-state index in [9.17, 15) is 9.90 Å². The number of carbonyl (C=O) groups is 1. The lowest BCUT2D eigenvalue weighted by molar-refractivity contribution is 0.0770. The third-order valence-electron chi connectivity index (χ3n) is 6.78. The van der Waals surface area contributed by atoms with Crippen LogP contribution < -0.4 is 4.90 Å². The van der Waals surface area contributed by atoms with Crippen LogP contribution in [0.2, 0.25) is 0 Å². The number of aromatic nitrogens is 2. The van der Waals surface area contributed by atoms with Crippen molar-refractivity contribution in [3.05, 3.63) is 23.8 Å². The highest BCUT2D eigenvalue weighted by Crippen LogP contribution is 2.37. The van der Waals surface area contributed by atoms with Crippen LogP contribution in [0.4, 0.5) is 5.95 Å². The Morgan fingerprint density at radius 1 is 1.30 bits per heavy atom. The molecule has 1 aromatic carbocycles. The first-order valence-corrected chi connectivity index (χ1v) is 10.1. The Balaban J connectivity index is 1.59. The number of aliphatic hydroxyl groups excluding tert-OH is 1. The Hall–Kier alpha value is -2.08. The number of nitrogens with zero attached hydrogens (tertiary/aromatic N) is 4. The van der Waals surface area contributed by atoms with Crippen LogP contribution in [0.15, 0.2) is 18.2 Å². The molecule has 1 atom stereocenters. The number of likely N-dealkylation sites (tertiary alicyclic amines) is 1. The molecule has 2 aliphatic heterocycles. The summed E-state index contributed by atoms with van der Waals surface area (Å²) in [6.45, 7) is 7.59. The van der Waals surface area contributed by atoms with E-state index in [2.05, 4.69) is 23.3 Å². The van der Waals surface area contributed by atoms with Gasteiger partial charge in [-0.25, -0.2) is 4.98 Å². The second-order valence-electron chi connectivity index (χ2n) is 8.25. The molecule has 0 bridgehead atoms. The smallest absolute Gasteiger partial charge is 0.253 e. The van der Waals surface area contributed by atoms with Crippen molar-refractivity contribution in [2.45, 2.75) is 45.6 Å². The number of aryl methyl sites for hydroxylation is 1. The molecule has 6 heteroatoms. The standard InChI is InChI=1S/C21H30N4O2/c1-4-21(5-2)9-11-25(14-21)19(27)15-6-7-18-17(12-15)22-20(23(18)3)24-10-8-16(26)13-24/h6-7,12,16,26H,4-5,8-11,13-14H2,1-3H3/t16-/m0/s1. The average molecular weight is 370 g/mol. The van der Waals surface area contributed by atoms with Crippen LogP contribution in [0.5, 0.6) is 0 Å². The summed E-state index contributed by atoms with van der Waals surface area (Å²) in [5.74, 6) is 0.979. The summed E-state index contributed by atoms with van der Waals surface area (Å²) in [4.78, 5) is 21.9. The number of amides is 1. The van der Waals surface area contributed by atoms with Crippen LogP contribution in [0.25, 0.3) is 11.0 Å². The first kappa shape index (κ1) is 18.3. The SMILES string of the molecule is CCC1(CC)CCN(C(=O)c2ccc3c(c2)nc(N2CC[C@H](O)C2)n3C)C1. The number of carbonyl (C=O) groups excluding carboxylic acids is 1. The van der Waals surface area contributed by atoms with Gasteiger partial charge in [0, 0.05) is 38.8 Å². The molecule has 0 spiro atoms. The second kappa shape index (κ2) is 6.82. The van der Waals surface area contributed by atoms with Crippen molar-refractivity contribution in [1.29, 1.82) is 0 Å². The number of β-amino-alcohol motifs (C(OH)–C–C–N with tert-alkyl or cyclic N) is 1. The van der Waals surface area contributed by atoms with E-state index in [4.69, 9.17) is 4.98 Å². The fourth-order valence-electron chi connectivity index (χ4n) is 4.64. The van der Waals surface area contributed by atoms with Crippen LogP contribution in [-0.2, 0) is 7.05 Å². The summed E-state index contributed by atoms with van der Waals surface area (Å²) in [5.41, 5.74) is 2.86. The molecule has 2 aliphatic rings. The van der Waals surface area contributed by atoms with E-state index in [1.54, 1.807) is 0 Å². The Kier molecular flexibility index (Phi) is 4.62. The Morgan fingerprint density at radius 2 is 2.07 bits per heavy atom. The molecule has 146 valence electrons. The molecule has 3 heterocycles. The van der Waals surface area contributed by atoms with Crippen LogP contribution >= 0.6 is 0 Å². The van der Waals surface area contributed by atoms with Gasteiger partial charge in [-0.3, -0.25) is 4.79 Å². The van der Waals surface area contributed by atoms with Crippen molar-refractivity contribution >= 4 is 22.9 Å². The Morgan fingerprint density at radius 3 is 2.70 bits per heavy atom. The fourth-order valence-corrected chi connectivity index (χ4v) is 4.64. The molecular weight excluding hydrogens is 340 g/mol. The first-order chi connectivity index (χ1) is 13.0. The predicted molar refractivity (Wildman–Crippen MR) is 107 cm³/mol. The molecule has 0 radical (unpaired) electrons. The van der Waals surface area contributed by atoms with E-state index >= 15 is 0 Å². The minimum atomic E-state index is -0.283. The highest BCUT2D eigenvalue weighted by molar-refractivity contribution is 5.98. The molecule has 2 saturated heterocycles. The quantitative estimate of drug-likeness (QED) is 0.899. The van der Waals surface area contributed by atoms with Gasteiger partial charge in [0.25, 0.3) is 5.91 Å². The highest BCUT2D eigenvalue weighted by Gasteiger charge is 2.37. The van der Waals surface area contributed by atoms with Crippen LogP contribution in [0, 0.1) is 5.41 Å². The van der Waals surface area contributed by atoms with Gasteiger partial charge in [0.2, 0.25) is 5.95 Å². The lowest BCUT2D eigenvalue weighted by atomic mass is 9.82. The number of rotatable bonds is 4. The van der Waals surface area contributed by atoms with Gasteiger partial charge < -0.3 is 19.5 Å². The molecule has 6 nitrogen and oxygen atoms in total. The minimum Gasteiger partial charge on any atom is -0.391 e. The van der Waals surface area contributed by atoms with Gasteiger partial charge in [0.15, 0.2) is 0 Å². The number of anilines is 1. The summed E-state index contributed by atoms with van der Waals surface area (Å²) in [6, 6.07) is 5.84. The predicted octanol–water partition coefficient (Wildman–Crippen LogP) is 2.80. The zero-order valence-corrected chi connectivity index (χ0v) is 16.6. The van der Waals surface area contributed by atoms with Crippen molar-refractivity contribution in [3.63, 3.8) is 0 Å². The summed E-state index contributed by atoms with van der Waals surface area (Å²) < 4.78 is 2.05. The zero-order chi connectivity index (χ0) is 19.2. The van der Waals surface area contributed by atoms with E-state index in [1.165, 1.54) is 0 Å². The maximum atomic E-state index is 13.0. The number of hydrogen-bond acceptors (Lipinski definition) is 4. The van der Waals surface area contributed by atoms with E-state index < -0.39 is 0 Å². The van der Waals surface area contributed by atoms with Crippen LogP contribution in [-0.4, -0.2) is 57.7 Å². The van der Waals surface area contributed by atoms with Gasteiger partial charge in [0.1, 0.15) is 0 Å². The topological polar surface area (TPSA) is 61.6 Å². The lowest BCUT2D eigenvalue weighted by Crippen LogP contribution is -2.31. The van der Waals surface area contributed by atoms with Gasteiger partial charge in [-0.15, -0.1) is 0 Å². The van der Waals surface area contributed by atoms with Crippen molar-refractivity contribution in [2.24, 2.45) is 12.5 Å². The number of fused-ring (bicyclic) bond motifs is 1. The van der Waals surface area contributed by atoms with Crippen LogP contribution in [0.3, 0.4) is 0 Å². The monoisotopic (exact) mass is 370 g/mol. The normalized spacial score (nSPS) is 22.1. The van der Waals surface area contributed by atoms with Gasteiger partial charge >= 0.3 is 0 Å². The summed E-state index contributed by atoms with van der Waals surface area (Å²) >= 11 is 0. The highest BCUT2D eigenvalue weighted by atomic mass is 16.3. The molecular formula is C21H30N4O2. The van der Waals surface area contributed by atoms with Gasteiger partial charge in [-0.2, -0.15) is 0 Å². The van der Waals surface area contributed by atoms with Crippen molar-refractivity contribution in [1.82, 2.24) is 14.5 Å². The van der Waals surface area contributed by atoms with E-state index in [0.29, 0.717) is 6.54 Å². The average Bonchev–Trinajstić information content (AvgIpc) is 3.39. The maximum Gasteiger partial charge on any atom is 0.253 e. The van der Waals surface area contributed by atoms with Crippen molar-refractivity contribution in [3.8, 4) is 0 Å². The van der Waals surface area contributed by atoms with E-state index in [-0.39, 0.29) is 17.4 Å². The van der Waals surface area contributed by atoms with Gasteiger partial charge in [0.05, 0.1) is 17.1 Å². The summed E-state index contributed by atoms with van der Waals surface area (Å²) in [6.07, 6.45) is 3.83. The molecule has 4 rings (SSSR count). The molecule has 1 amide bonds. The van der Waals surface area contributed by atoms with Gasteiger partial charge in [-0.05, 0) is 49.3 Å². The second-order valence-corrected chi connectivity index (χ2v) is 8.25. The molecule has 0 aliphatic carbocycles. The summed E-state index contributed by atoms with van der Waals surface area (Å²) in [5, 5.41) is 9.82. The third kappa shape index (κ3) is 3.10. The molecule has 1 N–H and O–H groups in total. The molecule has 27 heavy (non-hydrogen) atoms. The number of hydrogen-bond donors (Lipinski definition) is 1. The van der Waals surface area contributed by atoms with Crippen molar-refractivity contribution in [2.75, 3.05) is 31.1 Å². The number of imidazole rings is 1. The largest absolute Gasteiger partial charge is 0.391 e. The molecule has 2 fully saturated rings. The molecule has 1 aromatic heterocycles. The third-order valence-corrected chi connectivity index (χ3v) is 6.78. The summed E-state index contributed by atoms with van der Waals surface area (Å²) in [7, 11) is 1.99. The van der Waals surface area contributed by atoms with Gasteiger partial charge in [-0.1, -0.05) is 13.8 Å². The minimum absolute atomic E-state index is 0.115. The molecule has 2 aromatic rings. The number of benzene rings is 1. The number of aliphatic hydroxyl groups is 1. The zero-order valence-electron chi connectivity index (χ0n) is 16.6.